The Hall–Kier alpha value is -3.38. The highest BCUT2D eigenvalue weighted by molar-refractivity contribution is 6.31. The number of benzene rings is 2. The number of nitrogens with zero attached hydrogens (tertiary/aromatic N) is 1. The fourth-order valence-electron chi connectivity index (χ4n) is 2.51. The van der Waals surface area contributed by atoms with Gasteiger partial charge in [-0.15, -0.1) is 0 Å². The van der Waals surface area contributed by atoms with Crippen molar-refractivity contribution >= 4 is 34.9 Å². The number of hydrogen-bond acceptors (Lipinski definition) is 5. The molecular formula is C21H18ClN3O3. The zero-order valence-corrected chi connectivity index (χ0v) is 15.9. The predicted octanol–water partition coefficient (Wildman–Crippen LogP) is 4.39. The van der Waals surface area contributed by atoms with E-state index >= 15 is 0 Å². The van der Waals surface area contributed by atoms with Crippen molar-refractivity contribution < 1.29 is 14.3 Å². The summed E-state index contributed by atoms with van der Waals surface area (Å²) in [4.78, 5) is 28.0. The number of halogens is 1. The largest absolute Gasteiger partial charge is 0.465 e. The maximum Gasteiger partial charge on any atom is 0.337 e. The smallest absolute Gasteiger partial charge is 0.337 e. The topological polar surface area (TPSA) is 80.3 Å². The minimum atomic E-state index is -0.433. The summed E-state index contributed by atoms with van der Waals surface area (Å²) in [6.07, 6.45) is 1.56. The van der Waals surface area contributed by atoms with Crippen molar-refractivity contribution in [3.63, 3.8) is 0 Å². The molecule has 0 spiro atoms. The summed E-state index contributed by atoms with van der Waals surface area (Å²) < 4.78 is 4.65. The van der Waals surface area contributed by atoms with Gasteiger partial charge in [0.05, 0.1) is 12.7 Å². The van der Waals surface area contributed by atoms with Gasteiger partial charge in [-0.25, -0.2) is 4.79 Å². The summed E-state index contributed by atoms with van der Waals surface area (Å²) in [5.74, 6) is -0.788. The van der Waals surface area contributed by atoms with Crippen LogP contribution in [-0.2, 0) is 11.3 Å². The van der Waals surface area contributed by atoms with Gasteiger partial charge in [-0.3, -0.25) is 9.78 Å². The Balaban J connectivity index is 1.65. The average Bonchev–Trinajstić information content (AvgIpc) is 2.73. The maximum atomic E-state index is 12.5. The van der Waals surface area contributed by atoms with Crippen molar-refractivity contribution in [2.24, 2.45) is 0 Å². The van der Waals surface area contributed by atoms with Crippen LogP contribution in [0, 0.1) is 0 Å². The highest BCUT2D eigenvalue weighted by Gasteiger charge is 2.10. The quantitative estimate of drug-likeness (QED) is 0.605. The average molecular weight is 396 g/mol. The van der Waals surface area contributed by atoms with Crippen molar-refractivity contribution in [1.29, 1.82) is 0 Å². The monoisotopic (exact) mass is 395 g/mol. The van der Waals surface area contributed by atoms with E-state index in [1.54, 1.807) is 42.6 Å². The first kappa shape index (κ1) is 19.4. The number of ether oxygens (including phenoxy) is 1. The first-order valence-corrected chi connectivity index (χ1v) is 8.87. The zero-order chi connectivity index (χ0) is 19.9. The van der Waals surface area contributed by atoms with Crippen LogP contribution in [0.1, 0.15) is 26.4 Å². The summed E-state index contributed by atoms with van der Waals surface area (Å²) in [7, 11) is 1.32. The molecule has 1 amide bonds. The predicted molar refractivity (Wildman–Crippen MR) is 109 cm³/mol. The van der Waals surface area contributed by atoms with Crippen molar-refractivity contribution in [3.8, 4) is 0 Å². The van der Waals surface area contributed by atoms with Gasteiger partial charge in [-0.05, 0) is 48.0 Å². The third-order valence-electron chi connectivity index (χ3n) is 4.00. The number of amides is 1. The Kier molecular flexibility index (Phi) is 6.24. The Bertz CT molecular complexity index is 990. The molecule has 6 nitrogen and oxygen atoms in total. The van der Waals surface area contributed by atoms with E-state index in [1.807, 2.05) is 24.3 Å². The molecule has 142 valence electrons. The second-order valence-electron chi connectivity index (χ2n) is 5.90. The first-order valence-electron chi connectivity index (χ1n) is 8.50. The Morgan fingerprint density at radius 2 is 1.79 bits per heavy atom. The molecule has 0 unspecified atom stereocenters. The number of esters is 1. The summed E-state index contributed by atoms with van der Waals surface area (Å²) >= 11 is 6.16. The number of aromatic nitrogens is 1. The second-order valence-corrected chi connectivity index (χ2v) is 6.30. The second kappa shape index (κ2) is 9.01. The highest BCUT2D eigenvalue weighted by atomic mass is 35.5. The molecule has 1 aromatic heterocycles. The van der Waals surface area contributed by atoms with Gasteiger partial charge < -0.3 is 15.4 Å². The van der Waals surface area contributed by atoms with Crippen LogP contribution in [0.2, 0.25) is 5.02 Å². The van der Waals surface area contributed by atoms with Gasteiger partial charge in [-0.2, -0.15) is 0 Å². The molecule has 7 heteroatoms. The van der Waals surface area contributed by atoms with Gasteiger partial charge in [-0.1, -0.05) is 29.8 Å². The van der Waals surface area contributed by atoms with Gasteiger partial charge in [0.1, 0.15) is 5.69 Å². The molecule has 0 radical (unpaired) electrons. The van der Waals surface area contributed by atoms with Crippen LogP contribution < -0.4 is 10.6 Å². The van der Waals surface area contributed by atoms with Crippen LogP contribution in [0.15, 0.2) is 66.9 Å². The molecule has 0 saturated heterocycles. The van der Waals surface area contributed by atoms with Crippen LogP contribution in [0.5, 0.6) is 0 Å². The third kappa shape index (κ3) is 4.86. The van der Waals surface area contributed by atoms with E-state index in [0.717, 1.165) is 11.3 Å². The number of carbonyl (C=O) groups excluding carboxylic acids is 2. The van der Waals surface area contributed by atoms with E-state index in [1.165, 1.54) is 7.11 Å². The summed E-state index contributed by atoms with van der Waals surface area (Å²) in [6.45, 7) is 0.528. The molecular weight excluding hydrogens is 378 g/mol. The summed E-state index contributed by atoms with van der Waals surface area (Å²) in [5.41, 5.74) is 2.93. The lowest BCUT2D eigenvalue weighted by Crippen LogP contribution is -2.14. The van der Waals surface area contributed by atoms with Crippen LogP contribution in [0.4, 0.5) is 11.4 Å². The molecule has 0 aliphatic rings. The van der Waals surface area contributed by atoms with Crippen LogP contribution in [0.3, 0.4) is 0 Å². The Morgan fingerprint density at radius 3 is 2.50 bits per heavy atom. The Labute approximate surface area is 167 Å². The number of nitrogens with one attached hydrogen (secondary N) is 2. The minimum absolute atomic E-state index is 0.265. The lowest BCUT2D eigenvalue weighted by atomic mass is 10.2. The zero-order valence-electron chi connectivity index (χ0n) is 15.1. The third-order valence-corrected chi connectivity index (χ3v) is 4.37. The van der Waals surface area contributed by atoms with Crippen molar-refractivity contribution in [2.75, 3.05) is 17.7 Å². The van der Waals surface area contributed by atoms with Crippen LogP contribution >= 0.6 is 11.6 Å². The molecule has 0 atom stereocenters. The molecule has 0 bridgehead atoms. The highest BCUT2D eigenvalue weighted by Crippen LogP contribution is 2.18. The molecule has 0 saturated carbocycles. The molecule has 0 fully saturated rings. The number of methoxy groups -OCH3 is 1. The fraction of sp³-hybridized carbons (Fsp3) is 0.0952. The fourth-order valence-corrected chi connectivity index (χ4v) is 2.71. The normalized spacial score (nSPS) is 10.2. The van der Waals surface area contributed by atoms with Gasteiger partial charge in [0.2, 0.25) is 0 Å². The summed E-state index contributed by atoms with van der Waals surface area (Å²) in [6, 6.07) is 17.4. The lowest BCUT2D eigenvalue weighted by Gasteiger charge is -2.10. The van der Waals surface area contributed by atoms with Crippen LogP contribution in [0.25, 0.3) is 0 Å². The standard InChI is InChI=1S/C21H18ClN3O3/c1-28-21(27)14-6-8-16(9-7-14)25-20(26)19-12-17(10-11-23-19)24-13-15-4-2-3-5-18(15)22/h2-12H,13H2,1H3,(H,23,24)(H,25,26). The molecule has 1 heterocycles. The number of hydrogen-bond donors (Lipinski definition) is 2. The van der Waals surface area contributed by atoms with E-state index in [2.05, 4.69) is 20.4 Å². The Morgan fingerprint density at radius 1 is 1.04 bits per heavy atom. The van der Waals surface area contributed by atoms with Gasteiger partial charge in [0.15, 0.2) is 0 Å². The number of carbonyl (C=O) groups is 2. The molecule has 3 aromatic rings. The number of rotatable bonds is 6. The maximum absolute atomic E-state index is 12.5. The lowest BCUT2D eigenvalue weighted by molar-refractivity contribution is 0.0600. The molecule has 0 aliphatic carbocycles. The van der Waals surface area contributed by atoms with Gasteiger partial charge in [0, 0.05) is 29.1 Å². The van der Waals surface area contributed by atoms with E-state index < -0.39 is 5.97 Å². The molecule has 0 aliphatic heterocycles. The molecule has 2 N–H and O–H groups in total. The molecule has 2 aromatic carbocycles. The van der Waals surface area contributed by atoms with Gasteiger partial charge in [0.25, 0.3) is 5.91 Å². The van der Waals surface area contributed by atoms with Crippen LogP contribution in [-0.4, -0.2) is 24.0 Å². The number of pyridine rings is 1. The number of anilines is 2. The van der Waals surface area contributed by atoms with E-state index in [4.69, 9.17) is 11.6 Å². The van der Waals surface area contributed by atoms with Crippen molar-refractivity contribution in [1.82, 2.24) is 4.98 Å². The molecule has 28 heavy (non-hydrogen) atoms. The SMILES string of the molecule is COC(=O)c1ccc(NC(=O)c2cc(NCc3ccccc3Cl)ccn2)cc1. The van der Waals surface area contributed by atoms with E-state index in [9.17, 15) is 9.59 Å². The summed E-state index contributed by atoms with van der Waals surface area (Å²) in [5, 5.41) is 6.66. The van der Waals surface area contributed by atoms with Gasteiger partial charge >= 0.3 is 5.97 Å². The minimum Gasteiger partial charge on any atom is -0.465 e. The first-order chi connectivity index (χ1) is 13.6. The molecule has 3 rings (SSSR count). The van der Waals surface area contributed by atoms with E-state index in [-0.39, 0.29) is 11.6 Å². The van der Waals surface area contributed by atoms with Crippen molar-refractivity contribution in [3.05, 3.63) is 88.7 Å². The van der Waals surface area contributed by atoms with E-state index in [0.29, 0.717) is 22.8 Å². The van der Waals surface area contributed by atoms with Crippen molar-refractivity contribution in [2.45, 2.75) is 6.54 Å².